The van der Waals surface area contributed by atoms with Crippen LogP contribution in [0.2, 0.25) is 0 Å². The van der Waals surface area contributed by atoms with Crippen LogP contribution in [0.15, 0.2) is 60.7 Å². The molecule has 0 bridgehead atoms. The summed E-state index contributed by atoms with van der Waals surface area (Å²) < 4.78 is 32.5. The first-order chi connectivity index (χ1) is 12.5. The van der Waals surface area contributed by atoms with Crippen molar-refractivity contribution in [3.63, 3.8) is 0 Å². The number of esters is 1. The summed E-state index contributed by atoms with van der Waals surface area (Å²) in [6.07, 6.45) is 0. The summed E-state index contributed by atoms with van der Waals surface area (Å²) in [7, 11) is -1.98. The Morgan fingerprint density at radius 1 is 1.04 bits per heavy atom. The Balaban J connectivity index is 2.37. The molecule has 7 nitrogen and oxygen atoms in total. The molecule has 136 valence electrons. The van der Waals surface area contributed by atoms with Crippen molar-refractivity contribution in [1.82, 2.24) is 0 Å². The lowest BCUT2D eigenvalue weighted by Crippen LogP contribution is -2.38. The molecule has 0 radical (unpaired) electrons. The molecule has 8 heteroatoms. The number of phosphoric acid groups is 1. The average Bonchev–Trinajstić information content (AvgIpc) is 2.71. The smallest absolute Gasteiger partial charge is 0.458 e. The van der Waals surface area contributed by atoms with Crippen LogP contribution in [0, 0.1) is 11.3 Å². The molecule has 0 saturated heterocycles. The summed E-state index contributed by atoms with van der Waals surface area (Å²) in [6.45, 7) is -0.0798. The van der Waals surface area contributed by atoms with Gasteiger partial charge in [-0.15, -0.1) is 0 Å². The van der Waals surface area contributed by atoms with E-state index >= 15 is 0 Å². The SMILES string of the molecule is COP(=O)(OC)OC(C#N)(C(=O)OCc1ccccc1)c1ccccc1. The molecule has 2 aromatic rings. The first-order valence-electron chi connectivity index (χ1n) is 7.60. The summed E-state index contributed by atoms with van der Waals surface area (Å²) >= 11 is 0. The number of phosphoric ester groups is 1. The maximum atomic E-state index is 12.8. The third kappa shape index (κ3) is 4.37. The van der Waals surface area contributed by atoms with Crippen molar-refractivity contribution in [2.24, 2.45) is 0 Å². The van der Waals surface area contributed by atoms with Crippen molar-refractivity contribution < 1.29 is 27.7 Å². The molecule has 0 aliphatic carbocycles. The molecule has 0 aliphatic rings. The second-order valence-corrected chi connectivity index (χ2v) is 6.93. The van der Waals surface area contributed by atoms with E-state index in [4.69, 9.17) is 18.3 Å². The zero-order valence-electron chi connectivity index (χ0n) is 14.3. The van der Waals surface area contributed by atoms with Crippen LogP contribution in [-0.4, -0.2) is 20.2 Å². The van der Waals surface area contributed by atoms with Crippen LogP contribution < -0.4 is 0 Å². The summed E-state index contributed by atoms with van der Waals surface area (Å²) in [6, 6.07) is 18.6. The van der Waals surface area contributed by atoms with E-state index in [0.29, 0.717) is 0 Å². The molecule has 26 heavy (non-hydrogen) atoms. The maximum absolute atomic E-state index is 12.8. The van der Waals surface area contributed by atoms with Gasteiger partial charge in [0.15, 0.2) is 0 Å². The molecule has 0 aliphatic heterocycles. The highest BCUT2D eigenvalue weighted by molar-refractivity contribution is 7.48. The molecule has 0 heterocycles. The summed E-state index contributed by atoms with van der Waals surface area (Å²) in [5.74, 6) is -1.02. The predicted molar refractivity (Wildman–Crippen MR) is 92.7 cm³/mol. The number of ether oxygens (including phenoxy) is 1. The largest absolute Gasteiger partial charge is 0.476 e. The Bertz CT molecular complexity index is 813. The number of benzene rings is 2. The number of nitriles is 1. The van der Waals surface area contributed by atoms with Crippen molar-refractivity contribution >= 4 is 13.8 Å². The molecule has 0 spiro atoms. The van der Waals surface area contributed by atoms with Crippen molar-refractivity contribution in [3.8, 4) is 6.07 Å². The molecule has 1 unspecified atom stereocenters. The van der Waals surface area contributed by atoms with Gasteiger partial charge in [0.1, 0.15) is 12.7 Å². The van der Waals surface area contributed by atoms with E-state index < -0.39 is 19.4 Å². The Morgan fingerprint density at radius 2 is 1.58 bits per heavy atom. The quantitative estimate of drug-likeness (QED) is 0.514. The molecule has 0 saturated carbocycles. The van der Waals surface area contributed by atoms with Crippen molar-refractivity contribution in [2.45, 2.75) is 12.2 Å². The van der Waals surface area contributed by atoms with Gasteiger partial charge in [-0.25, -0.2) is 13.9 Å². The first-order valence-corrected chi connectivity index (χ1v) is 9.06. The van der Waals surface area contributed by atoms with Gasteiger partial charge in [-0.2, -0.15) is 5.26 Å². The minimum absolute atomic E-state index is 0.0798. The topological polar surface area (TPSA) is 94.9 Å². The van der Waals surface area contributed by atoms with Crippen molar-refractivity contribution in [1.29, 1.82) is 5.26 Å². The Hall–Kier alpha value is -2.49. The fourth-order valence-electron chi connectivity index (χ4n) is 2.15. The van der Waals surface area contributed by atoms with Gasteiger partial charge in [-0.1, -0.05) is 60.7 Å². The van der Waals surface area contributed by atoms with Crippen LogP contribution in [0.1, 0.15) is 11.1 Å². The van der Waals surface area contributed by atoms with E-state index in [9.17, 15) is 14.6 Å². The lowest BCUT2D eigenvalue weighted by Gasteiger charge is -2.27. The van der Waals surface area contributed by atoms with Crippen LogP contribution in [0.5, 0.6) is 0 Å². The van der Waals surface area contributed by atoms with E-state index in [1.54, 1.807) is 48.5 Å². The number of hydrogen-bond donors (Lipinski definition) is 0. The molecule has 0 N–H and O–H groups in total. The molecule has 0 aromatic heterocycles. The summed E-state index contributed by atoms with van der Waals surface area (Å²) in [5, 5.41) is 9.74. The minimum atomic E-state index is -4.16. The Labute approximate surface area is 151 Å². The van der Waals surface area contributed by atoms with Gasteiger partial charge in [-0.05, 0) is 5.56 Å². The molecule has 2 rings (SSSR count). The van der Waals surface area contributed by atoms with E-state index in [0.717, 1.165) is 19.8 Å². The highest BCUT2D eigenvalue weighted by atomic mass is 31.2. The summed E-state index contributed by atoms with van der Waals surface area (Å²) in [4.78, 5) is 12.8. The standard InChI is InChI=1S/C18H18NO6P/c1-22-26(21,23-2)25-18(14-19,16-11-7-4-8-12-16)17(20)24-13-15-9-5-3-6-10-15/h3-12H,13H2,1-2H3. The fraction of sp³-hybridized carbons (Fsp3) is 0.222. The Morgan fingerprint density at radius 3 is 2.08 bits per heavy atom. The number of carbonyl (C=O) groups excluding carboxylic acids is 1. The Kier molecular flexibility index (Phi) is 6.67. The van der Waals surface area contributed by atoms with Gasteiger partial charge >= 0.3 is 13.8 Å². The first kappa shape index (κ1) is 19.8. The molecule has 2 aromatic carbocycles. The maximum Gasteiger partial charge on any atom is 0.476 e. The van der Waals surface area contributed by atoms with E-state index in [1.165, 1.54) is 12.1 Å². The highest BCUT2D eigenvalue weighted by Gasteiger charge is 2.50. The normalized spacial score (nSPS) is 13.4. The van der Waals surface area contributed by atoms with Crippen molar-refractivity contribution in [2.75, 3.05) is 14.2 Å². The second-order valence-electron chi connectivity index (χ2n) is 5.12. The van der Waals surface area contributed by atoms with Gasteiger partial charge in [0.05, 0.1) is 0 Å². The molecule has 0 amide bonds. The van der Waals surface area contributed by atoms with Gasteiger partial charge in [0.25, 0.3) is 5.60 Å². The molecule has 1 atom stereocenters. The number of carbonyl (C=O) groups is 1. The van der Waals surface area contributed by atoms with E-state index in [2.05, 4.69) is 0 Å². The van der Waals surface area contributed by atoms with Crippen LogP contribution in [0.25, 0.3) is 0 Å². The molecular weight excluding hydrogens is 357 g/mol. The minimum Gasteiger partial charge on any atom is -0.458 e. The fourth-order valence-corrected chi connectivity index (χ4v) is 3.01. The molecule has 0 fully saturated rings. The number of nitrogens with zero attached hydrogens (tertiary/aromatic N) is 1. The average molecular weight is 375 g/mol. The summed E-state index contributed by atoms with van der Waals surface area (Å²) in [5.41, 5.74) is -1.44. The van der Waals surface area contributed by atoms with E-state index in [1.807, 2.05) is 6.07 Å². The van der Waals surface area contributed by atoms with Crippen LogP contribution in [-0.2, 0) is 39.9 Å². The lowest BCUT2D eigenvalue weighted by molar-refractivity contribution is -0.161. The van der Waals surface area contributed by atoms with E-state index in [-0.39, 0.29) is 12.2 Å². The van der Waals surface area contributed by atoms with Crippen molar-refractivity contribution in [3.05, 3.63) is 71.8 Å². The number of hydrogen-bond acceptors (Lipinski definition) is 7. The highest BCUT2D eigenvalue weighted by Crippen LogP contribution is 2.53. The van der Waals surface area contributed by atoms with Crippen LogP contribution in [0.4, 0.5) is 0 Å². The zero-order chi connectivity index (χ0) is 19.0. The monoisotopic (exact) mass is 375 g/mol. The van der Waals surface area contributed by atoms with Gasteiger partial charge in [0.2, 0.25) is 0 Å². The zero-order valence-corrected chi connectivity index (χ0v) is 15.2. The van der Waals surface area contributed by atoms with Crippen LogP contribution in [0.3, 0.4) is 0 Å². The third-order valence-corrected chi connectivity index (χ3v) is 4.93. The van der Waals surface area contributed by atoms with Gasteiger partial charge in [0, 0.05) is 19.8 Å². The van der Waals surface area contributed by atoms with Crippen LogP contribution >= 0.6 is 7.82 Å². The van der Waals surface area contributed by atoms with Gasteiger partial charge in [-0.3, -0.25) is 9.05 Å². The third-order valence-electron chi connectivity index (χ3n) is 3.53. The van der Waals surface area contributed by atoms with Gasteiger partial charge < -0.3 is 4.74 Å². The second kappa shape index (κ2) is 8.75. The predicted octanol–water partition coefficient (Wildman–Crippen LogP) is 3.57. The molecular formula is C18H18NO6P. The number of rotatable bonds is 8. The lowest BCUT2D eigenvalue weighted by atomic mass is 9.96.